The Morgan fingerprint density at radius 3 is 2.43 bits per heavy atom. The van der Waals surface area contributed by atoms with Crippen LogP contribution >= 0.6 is 11.3 Å². The summed E-state index contributed by atoms with van der Waals surface area (Å²) in [5, 5.41) is 3.78. The van der Waals surface area contributed by atoms with E-state index < -0.39 is 0 Å². The summed E-state index contributed by atoms with van der Waals surface area (Å²) in [6.07, 6.45) is 0. The van der Waals surface area contributed by atoms with Crippen LogP contribution in [0.3, 0.4) is 0 Å². The smallest absolute Gasteiger partial charge is 0.238 e. The van der Waals surface area contributed by atoms with Crippen LogP contribution in [0.4, 0.5) is 10.7 Å². The lowest BCUT2D eigenvalue weighted by molar-refractivity contribution is -0.117. The molecule has 3 rings (SSSR count). The highest BCUT2D eigenvalue weighted by Gasteiger charge is 2.16. The summed E-state index contributed by atoms with van der Waals surface area (Å²) in [7, 11) is 2.11. The first kappa shape index (κ1) is 16.0. The minimum Gasteiger partial charge on any atom is -0.391 e. The van der Waals surface area contributed by atoms with E-state index in [0.717, 1.165) is 47.3 Å². The number of nitrogens with two attached hydrogens (primary N) is 1. The maximum atomic E-state index is 12.1. The van der Waals surface area contributed by atoms with Crippen molar-refractivity contribution in [3.63, 3.8) is 0 Å². The first-order chi connectivity index (χ1) is 11.1. The van der Waals surface area contributed by atoms with E-state index in [-0.39, 0.29) is 5.91 Å². The lowest BCUT2D eigenvalue weighted by atomic mass is 10.2. The molecule has 0 bridgehead atoms. The van der Waals surface area contributed by atoms with Gasteiger partial charge in [-0.05, 0) is 36.9 Å². The van der Waals surface area contributed by atoms with Crippen molar-refractivity contribution in [2.24, 2.45) is 0 Å². The fourth-order valence-electron chi connectivity index (χ4n) is 2.64. The van der Waals surface area contributed by atoms with Gasteiger partial charge in [0.1, 0.15) is 0 Å². The van der Waals surface area contributed by atoms with Gasteiger partial charge in [0.15, 0.2) is 0 Å². The van der Waals surface area contributed by atoms with Crippen molar-refractivity contribution in [3.05, 3.63) is 36.4 Å². The molecule has 1 amide bonds. The van der Waals surface area contributed by atoms with Gasteiger partial charge < -0.3 is 16.0 Å². The number of amides is 1. The fourth-order valence-corrected chi connectivity index (χ4v) is 3.42. The summed E-state index contributed by atoms with van der Waals surface area (Å²) in [5.74, 6) is 0.0441. The molecule has 0 unspecified atom stereocenters. The minimum absolute atomic E-state index is 0.0441. The second kappa shape index (κ2) is 7.12. The Hall–Kier alpha value is -1.89. The summed E-state index contributed by atoms with van der Waals surface area (Å²) in [5.41, 5.74) is 7.71. The molecule has 2 heterocycles. The number of nitrogens with one attached hydrogen (secondary N) is 1. The van der Waals surface area contributed by atoms with Crippen molar-refractivity contribution >= 4 is 27.9 Å². The molecule has 0 spiro atoms. The Labute approximate surface area is 140 Å². The van der Waals surface area contributed by atoms with E-state index in [9.17, 15) is 4.79 Å². The van der Waals surface area contributed by atoms with Crippen LogP contribution in [-0.2, 0) is 4.79 Å². The summed E-state index contributed by atoms with van der Waals surface area (Å²) in [4.78, 5) is 17.8. The summed E-state index contributed by atoms with van der Waals surface area (Å²) in [6, 6.07) is 11.8. The predicted octanol–water partition coefficient (Wildman–Crippen LogP) is 2.18. The molecule has 0 atom stereocenters. The van der Waals surface area contributed by atoms with Gasteiger partial charge in [-0.2, -0.15) is 0 Å². The summed E-state index contributed by atoms with van der Waals surface area (Å²) < 4.78 is 0. The van der Waals surface area contributed by atoms with Gasteiger partial charge in [-0.1, -0.05) is 12.1 Å². The van der Waals surface area contributed by atoms with E-state index >= 15 is 0 Å². The molecular formula is C17H22N4OS. The number of piperazine rings is 1. The van der Waals surface area contributed by atoms with Gasteiger partial charge in [0, 0.05) is 36.7 Å². The van der Waals surface area contributed by atoms with E-state index in [0.29, 0.717) is 6.54 Å². The van der Waals surface area contributed by atoms with Crippen LogP contribution in [0.5, 0.6) is 0 Å². The highest BCUT2D eigenvalue weighted by atomic mass is 32.1. The van der Waals surface area contributed by atoms with Crippen molar-refractivity contribution in [1.82, 2.24) is 9.80 Å². The lowest BCUT2D eigenvalue weighted by Gasteiger charge is -2.31. The van der Waals surface area contributed by atoms with Crippen molar-refractivity contribution in [1.29, 1.82) is 0 Å². The van der Waals surface area contributed by atoms with Crippen LogP contribution in [0.25, 0.3) is 10.4 Å². The van der Waals surface area contributed by atoms with E-state index in [1.54, 1.807) is 11.3 Å². The SMILES string of the molecule is CN1CCN(CC(=O)Nc2ccc(-c3ccc(N)s3)cc2)CC1. The van der Waals surface area contributed by atoms with E-state index in [4.69, 9.17) is 5.73 Å². The third-order valence-electron chi connectivity index (χ3n) is 4.04. The van der Waals surface area contributed by atoms with Gasteiger partial charge in [0.05, 0.1) is 11.5 Å². The zero-order valence-corrected chi connectivity index (χ0v) is 14.1. The normalized spacial score (nSPS) is 16.4. The highest BCUT2D eigenvalue weighted by molar-refractivity contribution is 7.19. The number of hydrogen-bond donors (Lipinski definition) is 2. The van der Waals surface area contributed by atoms with E-state index in [1.807, 2.05) is 36.4 Å². The first-order valence-electron chi connectivity index (χ1n) is 7.77. The van der Waals surface area contributed by atoms with Crippen LogP contribution in [0.15, 0.2) is 36.4 Å². The van der Waals surface area contributed by atoms with Crippen LogP contribution in [0.2, 0.25) is 0 Å². The van der Waals surface area contributed by atoms with Gasteiger partial charge in [0.25, 0.3) is 0 Å². The second-order valence-electron chi connectivity index (χ2n) is 5.91. The molecule has 23 heavy (non-hydrogen) atoms. The van der Waals surface area contributed by atoms with Crippen LogP contribution in [0.1, 0.15) is 0 Å². The Morgan fingerprint density at radius 1 is 1.13 bits per heavy atom. The second-order valence-corrected chi connectivity index (χ2v) is 7.02. The Balaban J connectivity index is 1.54. The van der Waals surface area contributed by atoms with E-state index in [2.05, 4.69) is 22.2 Å². The van der Waals surface area contributed by atoms with Crippen LogP contribution in [-0.4, -0.2) is 55.5 Å². The summed E-state index contributed by atoms with van der Waals surface area (Å²) >= 11 is 1.56. The average molecular weight is 330 g/mol. The molecule has 122 valence electrons. The molecule has 0 aliphatic carbocycles. The number of carbonyl (C=O) groups excluding carboxylic acids is 1. The van der Waals surface area contributed by atoms with Gasteiger partial charge in [-0.3, -0.25) is 9.69 Å². The number of rotatable bonds is 4. The number of nitrogen functional groups attached to an aromatic ring is 1. The van der Waals surface area contributed by atoms with Gasteiger partial charge in [-0.15, -0.1) is 11.3 Å². The van der Waals surface area contributed by atoms with Gasteiger partial charge in [0.2, 0.25) is 5.91 Å². The highest BCUT2D eigenvalue weighted by Crippen LogP contribution is 2.30. The standard InChI is InChI=1S/C17H22N4OS/c1-20-8-10-21(11-9-20)12-17(22)19-14-4-2-13(3-5-14)15-6-7-16(18)23-15/h2-7H,8-12,18H2,1H3,(H,19,22). The molecule has 0 radical (unpaired) electrons. The number of benzene rings is 1. The molecule has 2 aromatic rings. The van der Waals surface area contributed by atoms with Gasteiger partial charge in [-0.25, -0.2) is 0 Å². The molecule has 1 saturated heterocycles. The molecule has 5 nitrogen and oxygen atoms in total. The molecule has 1 aromatic heterocycles. The third kappa shape index (κ3) is 4.31. The van der Waals surface area contributed by atoms with Crippen molar-refractivity contribution in [2.45, 2.75) is 0 Å². The monoisotopic (exact) mass is 330 g/mol. The zero-order valence-electron chi connectivity index (χ0n) is 13.3. The van der Waals surface area contributed by atoms with Crippen LogP contribution < -0.4 is 11.1 Å². The van der Waals surface area contributed by atoms with Gasteiger partial charge >= 0.3 is 0 Å². The summed E-state index contributed by atoms with van der Waals surface area (Å²) in [6.45, 7) is 4.39. The number of likely N-dealkylation sites (N-methyl/N-ethyl adjacent to an activating group) is 1. The number of nitrogens with zero attached hydrogens (tertiary/aromatic N) is 2. The number of thiophene rings is 1. The molecule has 1 aromatic carbocycles. The third-order valence-corrected chi connectivity index (χ3v) is 5.01. The molecule has 3 N–H and O–H groups in total. The van der Waals surface area contributed by atoms with Crippen LogP contribution in [0, 0.1) is 0 Å². The van der Waals surface area contributed by atoms with Crippen molar-refractivity contribution in [3.8, 4) is 10.4 Å². The number of anilines is 2. The van der Waals surface area contributed by atoms with Crippen molar-refractivity contribution in [2.75, 3.05) is 50.8 Å². The molecule has 1 fully saturated rings. The maximum Gasteiger partial charge on any atom is 0.238 e. The fraction of sp³-hybridized carbons (Fsp3) is 0.353. The number of hydrogen-bond acceptors (Lipinski definition) is 5. The Morgan fingerprint density at radius 2 is 1.83 bits per heavy atom. The average Bonchev–Trinajstić information content (AvgIpc) is 2.97. The topological polar surface area (TPSA) is 61.6 Å². The van der Waals surface area contributed by atoms with Crippen molar-refractivity contribution < 1.29 is 4.79 Å². The maximum absolute atomic E-state index is 12.1. The Bertz CT molecular complexity index is 659. The first-order valence-corrected chi connectivity index (χ1v) is 8.58. The molecule has 1 aliphatic rings. The van der Waals surface area contributed by atoms with E-state index in [1.165, 1.54) is 0 Å². The largest absolute Gasteiger partial charge is 0.391 e. The Kier molecular flexibility index (Phi) is 4.95. The quantitative estimate of drug-likeness (QED) is 0.902. The predicted molar refractivity (Wildman–Crippen MR) is 96.7 cm³/mol. The molecule has 6 heteroatoms. The molecule has 1 aliphatic heterocycles. The molecule has 0 saturated carbocycles. The zero-order chi connectivity index (χ0) is 16.2. The molecular weight excluding hydrogens is 308 g/mol. The number of carbonyl (C=O) groups is 1. The lowest BCUT2D eigenvalue weighted by Crippen LogP contribution is -2.47. The minimum atomic E-state index is 0.0441.